The van der Waals surface area contributed by atoms with E-state index in [0.717, 1.165) is 5.56 Å². The number of carbonyl (C=O) groups is 1. The van der Waals surface area contributed by atoms with Crippen molar-refractivity contribution in [2.24, 2.45) is 0 Å². The first-order valence-corrected chi connectivity index (χ1v) is 11.6. The molecule has 168 valence electrons. The average molecular weight is 457 g/mol. The van der Waals surface area contributed by atoms with Gasteiger partial charge < -0.3 is 10.1 Å². The third-order valence-electron chi connectivity index (χ3n) is 4.80. The third-order valence-corrected chi connectivity index (χ3v) is 6.29. The fraction of sp³-hybridized carbons (Fsp3) is 0.208. The number of rotatable bonds is 9. The van der Waals surface area contributed by atoms with Crippen LogP contribution in [0.15, 0.2) is 77.7 Å². The molecule has 3 rings (SSSR count). The van der Waals surface area contributed by atoms with Gasteiger partial charge in [0.2, 0.25) is 15.9 Å². The number of hydrogen-bond acceptors (Lipinski definition) is 4. The first kappa shape index (κ1) is 23.4. The highest BCUT2D eigenvalue weighted by atomic mass is 32.2. The first-order chi connectivity index (χ1) is 15.3. The highest BCUT2D eigenvalue weighted by Crippen LogP contribution is 2.19. The average Bonchev–Trinajstić information content (AvgIpc) is 2.77. The molecule has 3 aromatic carbocycles. The van der Waals surface area contributed by atoms with Gasteiger partial charge in [0.05, 0.1) is 11.5 Å². The summed E-state index contributed by atoms with van der Waals surface area (Å²) in [5.41, 5.74) is 1.72. The molecule has 2 N–H and O–H groups in total. The number of ether oxygens (including phenoxy) is 1. The first-order valence-electron chi connectivity index (χ1n) is 10.1. The molecule has 0 bridgehead atoms. The zero-order chi connectivity index (χ0) is 23.1. The normalized spacial score (nSPS) is 12.2. The summed E-state index contributed by atoms with van der Waals surface area (Å²) in [6, 6.07) is 17.9. The second kappa shape index (κ2) is 10.4. The molecule has 3 aromatic rings. The van der Waals surface area contributed by atoms with Crippen molar-refractivity contribution < 1.29 is 22.3 Å². The molecule has 6 nitrogen and oxygen atoms in total. The smallest absolute Gasteiger partial charge is 0.242 e. The molecule has 0 aliphatic heterocycles. The fourth-order valence-electron chi connectivity index (χ4n) is 3.12. The minimum absolute atomic E-state index is 0.00810. The van der Waals surface area contributed by atoms with Gasteiger partial charge in [-0.3, -0.25) is 4.79 Å². The molecule has 0 saturated heterocycles. The predicted molar refractivity (Wildman–Crippen MR) is 122 cm³/mol. The van der Waals surface area contributed by atoms with Gasteiger partial charge in [0.15, 0.2) is 0 Å². The number of halogens is 1. The van der Waals surface area contributed by atoms with Crippen LogP contribution in [0.4, 0.5) is 10.1 Å². The Morgan fingerprint density at radius 3 is 2.38 bits per heavy atom. The summed E-state index contributed by atoms with van der Waals surface area (Å²) in [4.78, 5) is 13.1. The van der Waals surface area contributed by atoms with Crippen LogP contribution >= 0.6 is 0 Å². The summed E-state index contributed by atoms with van der Waals surface area (Å²) >= 11 is 0. The monoisotopic (exact) mass is 456 g/mol. The zero-order valence-corrected chi connectivity index (χ0v) is 18.7. The maximum absolute atomic E-state index is 13.7. The Bertz CT molecular complexity index is 1170. The van der Waals surface area contributed by atoms with Crippen LogP contribution in [0, 0.1) is 12.7 Å². The van der Waals surface area contributed by atoms with E-state index in [1.807, 2.05) is 25.1 Å². The van der Waals surface area contributed by atoms with Crippen LogP contribution in [0.5, 0.6) is 5.75 Å². The Kier molecular flexibility index (Phi) is 7.61. The van der Waals surface area contributed by atoms with E-state index in [2.05, 4.69) is 10.0 Å². The molecule has 0 heterocycles. The van der Waals surface area contributed by atoms with E-state index in [1.54, 1.807) is 37.3 Å². The van der Waals surface area contributed by atoms with Crippen molar-refractivity contribution in [1.82, 2.24) is 4.72 Å². The van der Waals surface area contributed by atoms with Gasteiger partial charge in [0.25, 0.3) is 0 Å². The molecule has 1 atom stereocenters. The summed E-state index contributed by atoms with van der Waals surface area (Å²) in [5.74, 6) is -0.538. The quantitative estimate of drug-likeness (QED) is 0.509. The van der Waals surface area contributed by atoms with Crippen LogP contribution in [-0.4, -0.2) is 27.0 Å². The van der Waals surface area contributed by atoms with Crippen molar-refractivity contribution in [2.75, 3.05) is 11.9 Å². The number of sulfonamides is 1. The standard InChI is InChI=1S/C24H25FN2O4S/c1-3-31-20-11-13-21(14-12-20)32(29,30)27-23(15-18-7-5-4-6-8-18)24(28)26-22-16-19(25)10-9-17(22)2/h4-14,16,23,27H,3,15H2,1-2H3,(H,26,28)/t23-/m0/s1. The van der Waals surface area contributed by atoms with E-state index in [-0.39, 0.29) is 17.0 Å². The lowest BCUT2D eigenvalue weighted by molar-refractivity contribution is -0.117. The molecule has 1 amide bonds. The minimum atomic E-state index is -4.01. The molecule has 0 spiro atoms. The predicted octanol–water partition coefficient (Wildman–Crippen LogP) is 4.06. The van der Waals surface area contributed by atoms with Crippen molar-refractivity contribution in [1.29, 1.82) is 0 Å². The summed E-state index contributed by atoms with van der Waals surface area (Å²) in [6.07, 6.45) is 0.122. The molecule has 0 aliphatic carbocycles. The number of hydrogen-bond donors (Lipinski definition) is 2. The van der Waals surface area contributed by atoms with Gasteiger partial charge in [-0.05, 0) is 67.8 Å². The van der Waals surface area contributed by atoms with Gasteiger partial charge in [0.1, 0.15) is 17.6 Å². The Labute approximate surface area is 187 Å². The van der Waals surface area contributed by atoms with E-state index in [4.69, 9.17) is 4.74 Å². The van der Waals surface area contributed by atoms with E-state index in [1.165, 1.54) is 24.3 Å². The lowest BCUT2D eigenvalue weighted by Crippen LogP contribution is -2.45. The summed E-state index contributed by atoms with van der Waals surface area (Å²) in [5, 5.41) is 2.65. The molecule has 0 fully saturated rings. The van der Waals surface area contributed by atoms with Crippen LogP contribution in [0.3, 0.4) is 0 Å². The summed E-state index contributed by atoms with van der Waals surface area (Å²) < 4.78 is 47.5. The van der Waals surface area contributed by atoms with E-state index in [9.17, 15) is 17.6 Å². The molecular weight excluding hydrogens is 431 g/mol. The number of nitrogens with one attached hydrogen (secondary N) is 2. The van der Waals surface area contributed by atoms with Gasteiger partial charge in [-0.25, -0.2) is 12.8 Å². The highest BCUT2D eigenvalue weighted by Gasteiger charge is 2.26. The Morgan fingerprint density at radius 1 is 1.03 bits per heavy atom. The third kappa shape index (κ3) is 6.15. The fourth-order valence-corrected chi connectivity index (χ4v) is 4.32. The number of anilines is 1. The largest absolute Gasteiger partial charge is 0.494 e. The van der Waals surface area contributed by atoms with E-state index in [0.29, 0.717) is 17.9 Å². The second-order valence-electron chi connectivity index (χ2n) is 7.22. The highest BCUT2D eigenvalue weighted by molar-refractivity contribution is 7.89. The van der Waals surface area contributed by atoms with E-state index < -0.39 is 27.8 Å². The lowest BCUT2D eigenvalue weighted by Gasteiger charge is -2.20. The summed E-state index contributed by atoms with van der Waals surface area (Å²) in [6.45, 7) is 4.02. The maximum atomic E-state index is 13.7. The second-order valence-corrected chi connectivity index (χ2v) is 8.93. The Balaban J connectivity index is 1.86. The van der Waals surface area contributed by atoms with Gasteiger partial charge in [-0.1, -0.05) is 36.4 Å². The van der Waals surface area contributed by atoms with Crippen LogP contribution < -0.4 is 14.8 Å². The summed E-state index contributed by atoms with van der Waals surface area (Å²) in [7, 11) is -4.01. The Morgan fingerprint density at radius 2 is 1.72 bits per heavy atom. The van der Waals surface area contributed by atoms with E-state index >= 15 is 0 Å². The molecule has 0 unspecified atom stereocenters. The number of aryl methyl sites for hydroxylation is 1. The zero-order valence-electron chi connectivity index (χ0n) is 17.8. The number of carbonyl (C=O) groups excluding carboxylic acids is 1. The van der Waals surface area contributed by atoms with Crippen LogP contribution in [-0.2, 0) is 21.2 Å². The molecule has 0 aromatic heterocycles. The molecule has 0 saturated carbocycles. The maximum Gasteiger partial charge on any atom is 0.242 e. The minimum Gasteiger partial charge on any atom is -0.494 e. The SMILES string of the molecule is CCOc1ccc(S(=O)(=O)N[C@@H](Cc2ccccc2)C(=O)Nc2cc(F)ccc2C)cc1. The molecule has 0 radical (unpaired) electrons. The van der Waals surface area contributed by atoms with Crippen molar-refractivity contribution >= 4 is 21.6 Å². The molecular formula is C24H25FN2O4S. The van der Waals surface area contributed by atoms with Gasteiger partial charge in [-0.15, -0.1) is 0 Å². The molecule has 8 heteroatoms. The van der Waals surface area contributed by atoms with Crippen LogP contribution in [0.25, 0.3) is 0 Å². The topological polar surface area (TPSA) is 84.5 Å². The number of benzene rings is 3. The van der Waals surface area contributed by atoms with Crippen LogP contribution in [0.1, 0.15) is 18.1 Å². The van der Waals surface area contributed by atoms with Crippen molar-refractivity contribution in [2.45, 2.75) is 31.2 Å². The molecule has 32 heavy (non-hydrogen) atoms. The van der Waals surface area contributed by atoms with Gasteiger partial charge in [0, 0.05) is 5.69 Å². The van der Waals surface area contributed by atoms with Crippen molar-refractivity contribution in [3.63, 3.8) is 0 Å². The van der Waals surface area contributed by atoms with Crippen molar-refractivity contribution in [3.05, 3.63) is 89.7 Å². The van der Waals surface area contributed by atoms with Crippen molar-refractivity contribution in [3.8, 4) is 5.75 Å². The van der Waals surface area contributed by atoms with Gasteiger partial charge >= 0.3 is 0 Å². The lowest BCUT2D eigenvalue weighted by atomic mass is 10.1. The Hall–Kier alpha value is -3.23. The van der Waals surface area contributed by atoms with Gasteiger partial charge in [-0.2, -0.15) is 4.72 Å². The number of amides is 1. The van der Waals surface area contributed by atoms with Crippen LogP contribution in [0.2, 0.25) is 0 Å². The molecule has 0 aliphatic rings.